The average Bonchev–Trinajstić information content (AvgIpc) is 2.78. The number of non-ortho nitro benzene ring substituents is 1. The summed E-state index contributed by atoms with van der Waals surface area (Å²) in [5.74, 6) is 0. The number of aliphatic hydroxyl groups excluding tert-OH is 1. The van der Waals surface area contributed by atoms with E-state index in [1.165, 1.54) is 68.2 Å². The minimum atomic E-state index is -0.303. The van der Waals surface area contributed by atoms with Gasteiger partial charge in [0.1, 0.15) is 0 Å². The van der Waals surface area contributed by atoms with Crippen LogP contribution in [0.4, 0.5) is 11.4 Å². The highest BCUT2D eigenvalue weighted by Gasteiger charge is 2.29. The van der Waals surface area contributed by atoms with Crippen molar-refractivity contribution in [2.24, 2.45) is 0 Å². The Morgan fingerprint density at radius 2 is 1.32 bits per heavy atom. The van der Waals surface area contributed by atoms with Crippen LogP contribution in [0, 0.1) is 10.1 Å². The van der Waals surface area contributed by atoms with Gasteiger partial charge in [-0.1, -0.05) is 25.0 Å². The molecule has 2 aromatic rings. The molecule has 7 heteroatoms. The third-order valence-electron chi connectivity index (χ3n) is 7.90. The molecule has 7 nitrogen and oxygen atoms in total. The van der Waals surface area contributed by atoms with E-state index in [0.717, 1.165) is 56.5 Å². The fraction of sp³-hybridized carbons (Fsp3) is 0.556. The number of nitrogens with two attached hydrogens (primary N) is 1. The summed E-state index contributed by atoms with van der Waals surface area (Å²) in [5, 5.41) is 17.8. The molecule has 6 rings (SSSR count). The summed E-state index contributed by atoms with van der Waals surface area (Å²) >= 11 is 0. The van der Waals surface area contributed by atoms with Crippen LogP contribution in [0.1, 0.15) is 60.8 Å². The van der Waals surface area contributed by atoms with Gasteiger partial charge in [0.15, 0.2) is 0 Å². The van der Waals surface area contributed by atoms with Crippen molar-refractivity contribution < 1.29 is 10.0 Å². The number of nitrogen functional groups attached to an aromatic ring is 1. The van der Waals surface area contributed by atoms with E-state index in [1.54, 1.807) is 12.1 Å². The number of nitro benzene ring substituents is 1. The summed E-state index contributed by atoms with van der Waals surface area (Å²) in [6, 6.07) is 13.3. The minimum absolute atomic E-state index is 0.221. The Labute approximate surface area is 202 Å². The summed E-state index contributed by atoms with van der Waals surface area (Å²) < 4.78 is 0. The van der Waals surface area contributed by atoms with Crippen molar-refractivity contribution in [1.29, 1.82) is 0 Å². The number of hydrogen-bond donors (Lipinski definition) is 2. The lowest BCUT2D eigenvalue weighted by molar-refractivity contribution is -0.385. The number of benzene rings is 2. The van der Waals surface area contributed by atoms with E-state index < -0.39 is 0 Å². The zero-order valence-corrected chi connectivity index (χ0v) is 20.3. The largest absolute Gasteiger partial charge is 0.400 e. The summed E-state index contributed by atoms with van der Waals surface area (Å²) in [7, 11) is 1.00. The molecule has 2 aromatic carbocycles. The van der Waals surface area contributed by atoms with E-state index in [0.29, 0.717) is 0 Å². The van der Waals surface area contributed by atoms with Crippen LogP contribution in [0.25, 0.3) is 0 Å². The van der Waals surface area contributed by atoms with Gasteiger partial charge >= 0.3 is 0 Å². The molecular weight excluding hydrogens is 428 g/mol. The lowest BCUT2D eigenvalue weighted by atomic mass is 9.88. The topological polar surface area (TPSA) is 95.9 Å². The second-order valence-corrected chi connectivity index (χ2v) is 9.85. The fourth-order valence-electron chi connectivity index (χ4n) is 5.40. The Kier molecular flexibility index (Phi) is 8.19. The van der Waals surface area contributed by atoms with Crippen LogP contribution in [-0.2, 0) is 25.9 Å². The van der Waals surface area contributed by atoms with Gasteiger partial charge in [0, 0.05) is 63.2 Å². The minimum Gasteiger partial charge on any atom is -0.400 e. The molecule has 0 amide bonds. The molecule has 3 N–H and O–H groups in total. The maximum atomic E-state index is 10.8. The van der Waals surface area contributed by atoms with E-state index in [4.69, 9.17) is 10.8 Å². The molecule has 0 spiro atoms. The fourth-order valence-corrected chi connectivity index (χ4v) is 5.40. The first-order chi connectivity index (χ1) is 16.6. The predicted molar refractivity (Wildman–Crippen MR) is 136 cm³/mol. The van der Waals surface area contributed by atoms with E-state index in [2.05, 4.69) is 21.9 Å². The summed E-state index contributed by atoms with van der Waals surface area (Å²) in [6.07, 6.45) is 10.4. The number of hydrogen-bond acceptors (Lipinski definition) is 6. The highest BCUT2D eigenvalue weighted by Crippen LogP contribution is 2.32. The lowest BCUT2D eigenvalue weighted by Crippen LogP contribution is -2.42. The van der Waals surface area contributed by atoms with E-state index >= 15 is 0 Å². The standard InChI is InChI=1S/C13H16N2O2.C13H18N2.CH4O/c16-15(17)13-5-4-10-6-7-14(9-11(10)8-13)12-2-1-3-12;14-12-5-4-10-6-7-15(9-11(10)8-12)13-2-1-3-13;1-2/h4-5,8,12H,1-3,6-7,9H2;4-5,8,13H,1-3,6-7,9,14H2;2H,1H3. The number of nitro groups is 1. The molecule has 0 aromatic heterocycles. The van der Waals surface area contributed by atoms with Gasteiger partial charge in [0.25, 0.3) is 5.69 Å². The predicted octanol–water partition coefficient (Wildman–Crippen LogP) is 4.29. The molecule has 2 fully saturated rings. The smallest absolute Gasteiger partial charge is 0.269 e. The van der Waals surface area contributed by atoms with Gasteiger partial charge < -0.3 is 10.8 Å². The summed E-state index contributed by atoms with van der Waals surface area (Å²) in [6.45, 7) is 4.35. The molecule has 0 bridgehead atoms. The number of aliphatic hydroxyl groups is 1. The Balaban J connectivity index is 0.000000151. The zero-order chi connectivity index (χ0) is 24.1. The van der Waals surface area contributed by atoms with Crippen LogP contribution in [0.3, 0.4) is 0 Å². The Morgan fingerprint density at radius 1 is 0.824 bits per heavy atom. The molecule has 2 saturated carbocycles. The second-order valence-electron chi connectivity index (χ2n) is 9.85. The third-order valence-corrected chi connectivity index (χ3v) is 7.90. The van der Waals surface area contributed by atoms with Crippen LogP contribution in [0.5, 0.6) is 0 Å². The molecule has 2 aliphatic carbocycles. The monoisotopic (exact) mass is 466 g/mol. The van der Waals surface area contributed by atoms with Crippen molar-refractivity contribution in [2.45, 2.75) is 76.5 Å². The summed E-state index contributed by atoms with van der Waals surface area (Å²) in [4.78, 5) is 15.6. The number of anilines is 1. The zero-order valence-electron chi connectivity index (χ0n) is 20.3. The maximum Gasteiger partial charge on any atom is 0.269 e. The van der Waals surface area contributed by atoms with Crippen LogP contribution >= 0.6 is 0 Å². The molecule has 4 aliphatic rings. The van der Waals surface area contributed by atoms with Crippen LogP contribution < -0.4 is 5.73 Å². The van der Waals surface area contributed by atoms with Gasteiger partial charge in [-0.3, -0.25) is 19.9 Å². The molecule has 34 heavy (non-hydrogen) atoms. The first-order valence-electron chi connectivity index (χ1n) is 12.6. The third kappa shape index (κ3) is 5.59. The van der Waals surface area contributed by atoms with E-state index in [9.17, 15) is 10.1 Å². The normalized spacial score (nSPS) is 20.3. The molecule has 0 radical (unpaired) electrons. The van der Waals surface area contributed by atoms with Crippen LogP contribution in [-0.4, -0.2) is 52.1 Å². The van der Waals surface area contributed by atoms with Gasteiger partial charge in [-0.2, -0.15) is 0 Å². The first kappa shape index (κ1) is 24.6. The molecular formula is C27H38N4O3. The number of nitrogens with zero attached hydrogens (tertiary/aromatic N) is 3. The summed E-state index contributed by atoms with van der Waals surface area (Å²) in [5.41, 5.74) is 12.3. The van der Waals surface area contributed by atoms with Gasteiger partial charge in [-0.05, 0) is 72.9 Å². The SMILES string of the molecule is CO.Nc1ccc2c(c1)CN(C1CCC1)CC2.O=[N+]([O-])c1ccc2c(c1)CN(C1CCC1)CC2. The van der Waals surface area contributed by atoms with Gasteiger partial charge in [0.2, 0.25) is 0 Å². The van der Waals surface area contributed by atoms with Crippen LogP contribution in [0.15, 0.2) is 36.4 Å². The van der Waals surface area contributed by atoms with Gasteiger partial charge in [-0.25, -0.2) is 0 Å². The highest BCUT2D eigenvalue weighted by molar-refractivity contribution is 5.45. The van der Waals surface area contributed by atoms with Crippen molar-refractivity contribution in [3.05, 3.63) is 68.8 Å². The van der Waals surface area contributed by atoms with Gasteiger partial charge in [0.05, 0.1) is 4.92 Å². The molecule has 184 valence electrons. The van der Waals surface area contributed by atoms with Crippen molar-refractivity contribution in [3.8, 4) is 0 Å². The van der Waals surface area contributed by atoms with Crippen molar-refractivity contribution >= 4 is 11.4 Å². The highest BCUT2D eigenvalue weighted by atomic mass is 16.6. The van der Waals surface area contributed by atoms with Crippen molar-refractivity contribution in [3.63, 3.8) is 0 Å². The quantitative estimate of drug-likeness (QED) is 0.398. The van der Waals surface area contributed by atoms with Crippen molar-refractivity contribution in [2.75, 3.05) is 25.9 Å². The lowest BCUT2D eigenvalue weighted by Gasteiger charge is -2.40. The van der Waals surface area contributed by atoms with E-state index in [1.807, 2.05) is 12.1 Å². The maximum absolute atomic E-state index is 10.8. The number of rotatable bonds is 3. The molecule has 0 atom stereocenters. The Hall–Kier alpha value is -2.48. The van der Waals surface area contributed by atoms with Crippen molar-refractivity contribution in [1.82, 2.24) is 9.80 Å². The molecule has 0 unspecified atom stereocenters. The number of fused-ring (bicyclic) bond motifs is 2. The Morgan fingerprint density at radius 3 is 1.79 bits per heavy atom. The van der Waals surface area contributed by atoms with Crippen LogP contribution in [0.2, 0.25) is 0 Å². The first-order valence-corrected chi connectivity index (χ1v) is 12.6. The molecule has 2 heterocycles. The van der Waals surface area contributed by atoms with E-state index in [-0.39, 0.29) is 10.6 Å². The average molecular weight is 467 g/mol. The molecule has 0 saturated heterocycles. The Bertz CT molecular complexity index is 988. The van der Waals surface area contributed by atoms with Gasteiger partial charge in [-0.15, -0.1) is 0 Å². The molecule has 2 aliphatic heterocycles. The second kappa shape index (κ2) is 11.3.